The first-order valence-electron chi connectivity index (χ1n) is 4.66. The fourth-order valence-electron chi connectivity index (χ4n) is 1.52. The summed E-state index contributed by atoms with van der Waals surface area (Å²) >= 11 is 0. The molecular formula is C9H14N2O4S. The van der Waals surface area contributed by atoms with Gasteiger partial charge in [0.1, 0.15) is 0 Å². The molecule has 1 unspecified atom stereocenters. The quantitative estimate of drug-likeness (QED) is 0.749. The number of hydrogen-bond acceptors (Lipinski definition) is 4. The zero-order valence-corrected chi connectivity index (χ0v) is 9.64. The molecule has 7 heteroatoms. The molecule has 0 saturated carbocycles. The van der Waals surface area contributed by atoms with Crippen molar-refractivity contribution in [1.29, 1.82) is 0 Å². The number of nitrogens with two attached hydrogens (primary N) is 1. The smallest absolute Gasteiger partial charge is 0.304 e. The van der Waals surface area contributed by atoms with Crippen molar-refractivity contribution in [3.63, 3.8) is 0 Å². The van der Waals surface area contributed by atoms with E-state index in [0.717, 1.165) is 10.2 Å². The first-order chi connectivity index (χ1) is 7.36. The van der Waals surface area contributed by atoms with Gasteiger partial charge in [-0.05, 0) is 12.1 Å². The maximum atomic E-state index is 11.4. The fourth-order valence-corrected chi connectivity index (χ4v) is 2.40. The van der Waals surface area contributed by atoms with Crippen molar-refractivity contribution in [2.24, 2.45) is 5.73 Å². The molecule has 0 fully saturated rings. The van der Waals surface area contributed by atoms with Gasteiger partial charge in [-0.15, -0.1) is 0 Å². The molecule has 1 heterocycles. The van der Waals surface area contributed by atoms with Gasteiger partial charge in [0, 0.05) is 24.4 Å². The molecule has 0 aliphatic carbocycles. The molecule has 90 valence electrons. The van der Waals surface area contributed by atoms with Crippen molar-refractivity contribution in [2.75, 3.05) is 12.8 Å². The molecule has 1 aromatic rings. The lowest BCUT2D eigenvalue weighted by Gasteiger charge is -2.14. The maximum absolute atomic E-state index is 11.4. The minimum atomic E-state index is -3.41. The highest BCUT2D eigenvalue weighted by atomic mass is 32.2. The molecule has 0 amide bonds. The monoisotopic (exact) mass is 246 g/mol. The molecule has 0 aliphatic rings. The highest BCUT2D eigenvalue weighted by molar-refractivity contribution is 7.89. The predicted octanol–water partition coefficient (Wildman–Crippen LogP) is -0.187. The molecule has 0 radical (unpaired) electrons. The molecular weight excluding hydrogens is 232 g/mol. The lowest BCUT2D eigenvalue weighted by atomic mass is 10.0. The Morgan fingerprint density at radius 3 is 2.69 bits per heavy atom. The zero-order chi connectivity index (χ0) is 12.3. The van der Waals surface area contributed by atoms with Crippen molar-refractivity contribution in [3.05, 3.63) is 24.0 Å². The summed E-state index contributed by atoms with van der Waals surface area (Å²) in [7, 11) is -3.41. The maximum Gasteiger partial charge on any atom is 0.304 e. The van der Waals surface area contributed by atoms with Gasteiger partial charge in [0.05, 0.1) is 12.7 Å². The second-order valence-corrected chi connectivity index (χ2v) is 5.38. The number of carbonyl (C=O) groups is 1. The molecule has 0 saturated heterocycles. The first kappa shape index (κ1) is 12.7. The van der Waals surface area contributed by atoms with Crippen molar-refractivity contribution < 1.29 is 18.3 Å². The van der Waals surface area contributed by atoms with Crippen LogP contribution in [0, 0.1) is 0 Å². The van der Waals surface area contributed by atoms with Gasteiger partial charge < -0.3 is 10.8 Å². The topological polar surface area (TPSA) is 102 Å². The Balaban J connectivity index is 3.12. The summed E-state index contributed by atoms with van der Waals surface area (Å²) in [6.45, 7) is 0.0891. The van der Waals surface area contributed by atoms with Crippen LogP contribution in [0.3, 0.4) is 0 Å². The molecule has 1 aromatic heterocycles. The van der Waals surface area contributed by atoms with E-state index < -0.39 is 21.9 Å². The van der Waals surface area contributed by atoms with Crippen molar-refractivity contribution >= 4 is 16.0 Å². The molecule has 0 aromatic carbocycles. The van der Waals surface area contributed by atoms with Gasteiger partial charge >= 0.3 is 5.97 Å². The number of aliphatic carboxylic acids is 1. The lowest BCUT2D eigenvalue weighted by molar-refractivity contribution is -0.137. The van der Waals surface area contributed by atoms with E-state index in [9.17, 15) is 13.2 Å². The third kappa shape index (κ3) is 2.83. The number of carboxylic acid groups (broad SMARTS) is 1. The third-order valence-electron chi connectivity index (χ3n) is 2.22. The number of nitrogens with zero attached hydrogens (tertiary/aromatic N) is 1. The molecule has 3 N–H and O–H groups in total. The molecule has 1 atom stereocenters. The van der Waals surface area contributed by atoms with E-state index in [1.807, 2.05) is 0 Å². The van der Waals surface area contributed by atoms with Gasteiger partial charge in [-0.25, -0.2) is 12.4 Å². The summed E-state index contributed by atoms with van der Waals surface area (Å²) in [6.07, 6.45) is 2.26. The first-order valence-corrected chi connectivity index (χ1v) is 6.50. The number of rotatable bonds is 5. The predicted molar refractivity (Wildman–Crippen MR) is 58.7 cm³/mol. The average Bonchev–Trinajstić information content (AvgIpc) is 2.61. The van der Waals surface area contributed by atoms with Crippen LogP contribution >= 0.6 is 0 Å². The third-order valence-corrected chi connectivity index (χ3v) is 3.27. The van der Waals surface area contributed by atoms with E-state index in [4.69, 9.17) is 10.8 Å². The SMILES string of the molecule is CS(=O)(=O)n1cccc1C(CN)CC(=O)O. The summed E-state index contributed by atoms with van der Waals surface area (Å²) in [5, 5.41) is 8.69. The van der Waals surface area contributed by atoms with Crippen LogP contribution in [-0.2, 0) is 14.8 Å². The van der Waals surface area contributed by atoms with E-state index in [2.05, 4.69) is 0 Å². The summed E-state index contributed by atoms with van der Waals surface area (Å²) in [5.74, 6) is -1.50. The van der Waals surface area contributed by atoms with Gasteiger partial charge in [0.15, 0.2) is 0 Å². The van der Waals surface area contributed by atoms with E-state index in [-0.39, 0.29) is 13.0 Å². The standard InChI is InChI=1S/C9H14N2O4S/c1-16(14,15)11-4-2-3-8(11)7(6-10)5-9(12)13/h2-4,7H,5-6,10H2,1H3,(H,12,13). The van der Waals surface area contributed by atoms with E-state index in [1.165, 1.54) is 6.20 Å². The van der Waals surface area contributed by atoms with Gasteiger partial charge in [-0.3, -0.25) is 4.79 Å². The van der Waals surface area contributed by atoms with Crippen LogP contribution < -0.4 is 5.73 Å². The highest BCUT2D eigenvalue weighted by Gasteiger charge is 2.20. The van der Waals surface area contributed by atoms with Crippen LogP contribution in [0.15, 0.2) is 18.3 Å². The van der Waals surface area contributed by atoms with Crippen molar-refractivity contribution in [1.82, 2.24) is 3.97 Å². The lowest BCUT2D eigenvalue weighted by Crippen LogP contribution is -2.22. The zero-order valence-electron chi connectivity index (χ0n) is 8.83. The van der Waals surface area contributed by atoms with Gasteiger partial charge in [-0.2, -0.15) is 0 Å². The van der Waals surface area contributed by atoms with Crippen LogP contribution in [0.1, 0.15) is 18.0 Å². The van der Waals surface area contributed by atoms with Crippen LogP contribution in [0.4, 0.5) is 0 Å². The Hall–Kier alpha value is -1.34. The summed E-state index contributed by atoms with van der Waals surface area (Å²) in [4.78, 5) is 10.6. The number of carboxylic acids is 1. The minimum Gasteiger partial charge on any atom is -0.481 e. The van der Waals surface area contributed by atoms with E-state index in [1.54, 1.807) is 12.1 Å². The molecule has 0 aliphatic heterocycles. The largest absolute Gasteiger partial charge is 0.481 e. The van der Waals surface area contributed by atoms with E-state index >= 15 is 0 Å². The van der Waals surface area contributed by atoms with Gasteiger partial charge in [-0.1, -0.05) is 0 Å². The summed E-state index contributed by atoms with van der Waals surface area (Å²) in [5.41, 5.74) is 5.86. The number of hydrogen-bond donors (Lipinski definition) is 2. The summed E-state index contributed by atoms with van der Waals surface area (Å²) < 4.78 is 23.9. The van der Waals surface area contributed by atoms with Crippen LogP contribution in [0.5, 0.6) is 0 Å². The van der Waals surface area contributed by atoms with E-state index in [0.29, 0.717) is 5.69 Å². The van der Waals surface area contributed by atoms with Crippen molar-refractivity contribution in [3.8, 4) is 0 Å². The van der Waals surface area contributed by atoms with Crippen LogP contribution in [0.2, 0.25) is 0 Å². The van der Waals surface area contributed by atoms with Gasteiger partial charge in [0.2, 0.25) is 10.0 Å². The van der Waals surface area contributed by atoms with Crippen LogP contribution in [-0.4, -0.2) is 36.3 Å². The normalized spacial score (nSPS) is 13.6. The fraction of sp³-hybridized carbons (Fsp3) is 0.444. The second-order valence-electron chi connectivity index (χ2n) is 3.52. The highest BCUT2D eigenvalue weighted by Crippen LogP contribution is 2.20. The Morgan fingerprint density at radius 2 is 2.25 bits per heavy atom. The van der Waals surface area contributed by atoms with Crippen molar-refractivity contribution in [2.45, 2.75) is 12.3 Å². The second kappa shape index (κ2) is 4.67. The molecule has 0 spiro atoms. The van der Waals surface area contributed by atoms with Crippen LogP contribution in [0.25, 0.3) is 0 Å². The molecule has 16 heavy (non-hydrogen) atoms. The Kier molecular flexibility index (Phi) is 3.71. The minimum absolute atomic E-state index is 0.0891. The molecule has 1 rings (SSSR count). The molecule has 0 bridgehead atoms. The number of aromatic nitrogens is 1. The Bertz CT molecular complexity index is 477. The Morgan fingerprint density at radius 1 is 1.62 bits per heavy atom. The Labute approximate surface area is 93.7 Å². The average molecular weight is 246 g/mol. The van der Waals surface area contributed by atoms with Gasteiger partial charge in [0.25, 0.3) is 0 Å². The summed E-state index contributed by atoms with van der Waals surface area (Å²) in [6, 6.07) is 3.13. The molecule has 6 nitrogen and oxygen atoms in total.